The van der Waals surface area contributed by atoms with Crippen molar-refractivity contribution < 1.29 is 14.0 Å². The van der Waals surface area contributed by atoms with Crippen LogP contribution in [-0.4, -0.2) is 36.0 Å². The molecule has 3 nitrogen and oxygen atoms in total. The van der Waals surface area contributed by atoms with Crippen LogP contribution in [0.15, 0.2) is 0 Å². The van der Waals surface area contributed by atoms with Crippen LogP contribution in [0, 0.1) is 5.92 Å². The molecule has 1 aliphatic rings. The highest BCUT2D eigenvalue weighted by atomic mass is 16.4. The first-order valence-corrected chi connectivity index (χ1v) is 3.39. The topological polar surface area (TPSA) is 40.5 Å². The van der Waals surface area contributed by atoms with E-state index < -0.39 is 18.9 Å². The van der Waals surface area contributed by atoms with Crippen LogP contribution in [0.5, 0.6) is 0 Å². The summed E-state index contributed by atoms with van der Waals surface area (Å²) in [7, 11) is 0. The normalized spacial score (nSPS) is 34.0. The van der Waals surface area contributed by atoms with E-state index in [1.54, 1.807) is 0 Å². The highest BCUT2D eigenvalue weighted by molar-refractivity contribution is 5.70. The number of hydrogen-bond donors (Lipinski definition) is 1. The molecule has 1 saturated heterocycles. The molecule has 0 bridgehead atoms. The van der Waals surface area contributed by atoms with Gasteiger partial charge in [0.15, 0.2) is 0 Å². The number of carboxylic acids is 1. The molecule has 0 unspecified atom stereocenters. The van der Waals surface area contributed by atoms with E-state index in [1.807, 2.05) is 0 Å². The van der Waals surface area contributed by atoms with Crippen LogP contribution in [0.3, 0.4) is 0 Å². The lowest BCUT2D eigenvalue weighted by molar-refractivity contribution is -0.143. The zero-order valence-corrected chi connectivity index (χ0v) is 5.71. The fourth-order valence-corrected chi connectivity index (χ4v) is 1.18. The van der Waals surface area contributed by atoms with Gasteiger partial charge in [-0.2, -0.15) is 0 Å². The molecule has 58 valence electrons. The lowest BCUT2D eigenvalue weighted by atomic mass is 9.99. The summed E-state index contributed by atoms with van der Waals surface area (Å²) in [4.78, 5) is 11.9. The summed E-state index contributed by atoms with van der Waals surface area (Å²) in [5.41, 5.74) is 0. The third-order valence-electron chi connectivity index (χ3n) is 1.77. The van der Waals surface area contributed by atoms with Gasteiger partial charge < -0.3 is 10.0 Å². The fraction of sp³-hybridized carbons (Fsp3) is 0.857. The zero-order valence-electron chi connectivity index (χ0n) is 8.71. The smallest absolute Gasteiger partial charge is 0.307 e. The first-order valence-electron chi connectivity index (χ1n) is 4.89. The summed E-state index contributed by atoms with van der Waals surface area (Å²) in [6.07, 6.45) is 1.23. The first kappa shape index (κ1) is 4.34. The molecule has 0 radical (unpaired) electrons. The summed E-state index contributed by atoms with van der Waals surface area (Å²) < 4.78 is 21.4. The van der Waals surface area contributed by atoms with Crippen molar-refractivity contribution in [3.63, 3.8) is 0 Å². The Hall–Kier alpha value is -0.570. The van der Waals surface area contributed by atoms with Crippen molar-refractivity contribution in [2.45, 2.75) is 12.8 Å². The van der Waals surface area contributed by atoms with Gasteiger partial charge in [-0.1, -0.05) is 0 Å². The summed E-state index contributed by atoms with van der Waals surface area (Å²) >= 11 is 0. The predicted octanol–water partition coefficient (Wildman–Crippen LogP) is 0.413. The van der Waals surface area contributed by atoms with E-state index in [0.29, 0.717) is 19.4 Å². The third kappa shape index (κ3) is 1.70. The monoisotopic (exact) mass is 146 g/mol. The fourth-order valence-electron chi connectivity index (χ4n) is 1.18. The molecule has 1 N–H and O–H groups in total. The van der Waals surface area contributed by atoms with Gasteiger partial charge in [0.1, 0.15) is 0 Å². The molecule has 1 rings (SSSR count). The van der Waals surface area contributed by atoms with Crippen molar-refractivity contribution in [1.29, 1.82) is 0 Å². The molecule has 0 aromatic carbocycles. The Morgan fingerprint density at radius 2 is 2.70 bits per heavy atom. The molecule has 0 aliphatic carbocycles. The zero-order chi connectivity index (χ0) is 10.1. The number of likely N-dealkylation sites (tertiary alicyclic amines) is 1. The first-order chi connectivity index (χ1) is 5.91. The Morgan fingerprint density at radius 3 is 3.30 bits per heavy atom. The van der Waals surface area contributed by atoms with Crippen LogP contribution in [-0.2, 0) is 4.79 Å². The molecule has 0 saturated carbocycles. The Morgan fingerprint density at radius 1 is 1.90 bits per heavy atom. The minimum Gasteiger partial charge on any atom is -0.481 e. The van der Waals surface area contributed by atoms with E-state index in [-0.39, 0.29) is 6.54 Å². The Labute approximate surface area is 64.9 Å². The molecule has 10 heavy (non-hydrogen) atoms. The predicted molar refractivity (Wildman–Crippen MR) is 37.9 cm³/mol. The molecular formula is C7H13NO2. The molecule has 0 aromatic rings. The highest BCUT2D eigenvalue weighted by Gasteiger charge is 2.22. The van der Waals surface area contributed by atoms with Crippen LogP contribution in [0.4, 0.5) is 0 Å². The second kappa shape index (κ2) is 3.01. The number of carboxylic acid groups (broad SMARTS) is 1. The average molecular weight is 146 g/mol. The summed E-state index contributed by atoms with van der Waals surface area (Å²) in [5, 5.41) is 8.71. The SMILES string of the molecule is [2H]C([2H])([2H])N1CCC[C@H](C(=O)O)C1. The quantitative estimate of drug-likeness (QED) is 0.582. The summed E-state index contributed by atoms with van der Waals surface area (Å²) in [6.45, 7) is -1.53. The molecule has 1 heterocycles. The minimum absolute atomic E-state index is 0.145. The summed E-state index contributed by atoms with van der Waals surface area (Å²) in [6, 6.07) is 0. The maximum Gasteiger partial charge on any atom is 0.307 e. The molecular weight excluding hydrogens is 130 g/mol. The number of piperidine rings is 1. The van der Waals surface area contributed by atoms with E-state index in [0.717, 1.165) is 0 Å². The van der Waals surface area contributed by atoms with Crippen molar-refractivity contribution in [3.8, 4) is 0 Å². The van der Waals surface area contributed by atoms with Crippen LogP contribution in [0.25, 0.3) is 0 Å². The Kier molecular flexibility index (Phi) is 1.31. The van der Waals surface area contributed by atoms with Gasteiger partial charge in [-0.25, -0.2) is 0 Å². The minimum atomic E-state index is -2.14. The number of aliphatic carboxylic acids is 1. The van der Waals surface area contributed by atoms with Crippen LogP contribution >= 0.6 is 0 Å². The Bertz CT molecular complexity index is 204. The van der Waals surface area contributed by atoms with Crippen molar-refractivity contribution >= 4 is 5.97 Å². The van der Waals surface area contributed by atoms with Crippen molar-refractivity contribution in [2.24, 2.45) is 5.92 Å². The second-order valence-electron chi connectivity index (χ2n) is 2.62. The van der Waals surface area contributed by atoms with Crippen LogP contribution in [0.2, 0.25) is 0 Å². The Balaban J connectivity index is 2.57. The van der Waals surface area contributed by atoms with E-state index in [1.165, 1.54) is 4.90 Å². The van der Waals surface area contributed by atoms with Gasteiger partial charge in [0, 0.05) is 10.7 Å². The van der Waals surface area contributed by atoms with Crippen molar-refractivity contribution in [1.82, 2.24) is 4.90 Å². The lowest BCUT2D eigenvalue weighted by Crippen LogP contribution is -2.35. The largest absolute Gasteiger partial charge is 0.481 e. The maximum absolute atomic E-state index is 10.6. The average Bonchev–Trinajstić information content (AvgIpc) is 2.03. The van der Waals surface area contributed by atoms with Gasteiger partial charge in [-0.15, -0.1) is 0 Å². The standard InChI is InChI=1S/C7H13NO2/c1-8-4-2-3-6(5-8)7(9)10/h6H,2-5H2,1H3,(H,9,10)/t6-/m0/s1/i1D3. The van der Waals surface area contributed by atoms with Crippen LogP contribution in [0.1, 0.15) is 17.0 Å². The van der Waals surface area contributed by atoms with Gasteiger partial charge in [0.2, 0.25) is 0 Å². The number of hydrogen-bond acceptors (Lipinski definition) is 2. The van der Waals surface area contributed by atoms with Gasteiger partial charge >= 0.3 is 5.97 Å². The van der Waals surface area contributed by atoms with Gasteiger partial charge in [-0.3, -0.25) is 4.79 Å². The molecule has 1 aliphatic heterocycles. The van der Waals surface area contributed by atoms with Crippen molar-refractivity contribution in [3.05, 3.63) is 0 Å². The van der Waals surface area contributed by atoms with Gasteiger partial charge in [0.25, 0.3) is 0 Å². The molecule has 0 aromatic heterocycles. The molecule has 1 atom stereocenters. The molecule has 0 amide bonds. The van der Waals surface area contributed by atoms with E-state index in [9.17, 15) is 4.79 Å². The van der Waals surface area contributed by atoms with Crippen molar-refractivity contribution in [2.75, 3.05) is 20.1 Å². The lowest BCUT2D eigenvalue weighted by Gasteiger charge is -2.26. The van der Waals surface area contributed by atoms with Crippen LogP contribution < -0.4 is 0 Å². The molecule has 1 fully saturated rings. The molecule has 0 spiro atoms. The number of rotatable bonds is 1. The highest BCUT2D eigenvalue weighted by Crippen LogP contribution is 2.14. The third-order valence-corrected chi connectivity index (χ3v) is 1.77. The van der Waals surface area contributed by atoms with Gasteiger partial charge in [-0.05, 0) is 26.4 Å². The van der Waals surface area contributed by atoms with Gasteiger partial charge in [0.05, 0.1) is 5.92 Å². The second-order valence-corrected chi connectivity index (χ2v) is 2.62. The van der Waals surface area contributed by atoms with E-state index >= 15 is 0 Å². The van der Waals surface area contributed by atoms with E-state index in [4.69, 9.17) is 9.22 Å². The maximum atomic E-state index is 10.6. The summed E-state index contributed by atoms with van der Waals surface area (Å²) in [5.74, 6) is -1.41. The van der Waals surface area contributed by atoms with E-state index in [2.05, 4.69) is 0 Å². The number of nitrogens with zero attached hydrogens (tertiary/aromatic N) is 1. The molecule has 3 heteroatoms. The number of carbonyl (C=O) groups is 1.